The van der Waals surface area contributed by atoms with Crippen LogP contribution in [0, 0.1) is 12.7 Å². The molecule has 0 aromatic heterocycles. The fraction of sp³-hybridized carbons (Fsp3) is 0.200. The molecule has 0 fully saturated rings. The highest BCUT2D eigenvalue weighted by atomic mass is 19.1. The first kappa shape index (κ1) is 11.1. The second-order valence-corrected chi connectivity index (χ2v) is 3.03. The van der Waals surface area contributed by atoms with E-state index in [1.807, 2.05) is 6.92 Å². The molecule has 0 saturated carbocycles. The molecular formula is C10H11FN4. The van der Waals surface area contributed by atoms with Crippen LogP contribution in [0.2, 0.25) is 0 Å². The Morgan fingerprint density at radius 2 is 2.33 bits per heavy atom. The third-order valence-corrected chi connectivity index (χ3v) is 2.00. The number of nitrogens with two attached hydrogens (primary N) is 1. The smallest absolute Gasteiger partial charge is 0.125 e. The topological polar surface area (TPSA) is 74.8 Å². The lowest BCUT2D eigenvalue weighted by atomic mass is 10.1. The Morgan fingerprint density at radius 1 is 1.60 bits per heavy atom. The minimum atomic E-state index is -0.374. The Labute approximate surface area is 86.8 Å². The number of hydrogen-bond acceptors (Lipinski definition) is 2. The summed E-state index contributed by atoms with van der Waals surface area (Å²) in [4.78, 5) is 2.60. The summed E-state index contributed by atoms with van der Waals surface area (Å²) >= 11 is 0. The molecule has 2 N–H and O–H groups in total. The number of azide groups is 1. The number of benzene rings is 1. The SMILES string of the molecule is Cc1c(N)cc(F)cc1C=CCN=[N+]=[N-]. The molecule has 1 aromatic rings. The fourth-order valence-electron chi connectivity index (χ4n) is 1.16. The molecule has 4 nitrogen and oxygen atoms in total. The maximum atomic E-state index is 13.0. The minimum absolute atomic E-state index is 0.242. The summed E-state index contributed by atoms with van der Waals surface area (Å²) in [6.07, 6.45) is 3.34. The molecule has 0 amide bonds. The molecule has 0 spiro atoms. The molecule has 0 unspecified atom stereocenters. The van der Waals surface area contributed by atoms with Gasteiger partial charge >= 0.3 is 0 Å². The Morgan fingerprint density at radius 3 is 3.00 bits per heavy atom. The van der Waals surface area contributed by atoms with Crippen molar-refractivity contribution in [1.82, 2.24) is 0 Å². The van der Waals surface area contributed by atoms with E-state index in [4.69, 9.17) is 11.3 Å². The van der Waals surface area contributed by atoms with Gasteiger partial charge in [0.05, 0.1) is 0 Å². The highest BCUT2D eigenvalue weighted by molar-refractivity contribution is 5.62. The van der Waals surface area contributed by atoms with E-state index in [-0.39, 0.29) is 12.4 Å². The van der Waals surface area contributed by atoms with Crippen molar-refractivity contribution in [2.75, 3.05) is 12.3 Å². The van der Waals surface area contributed by atoms with Crippen molar-refractivity contribution in [1.29, 1.82) is 0 Å². The van der Waals surface area contributed by atoms with Crippen molar-refractivity contribution in [3.63, 3.8) is 0 Å². The van der Waals surface area contributed by atoms with Crippen LogP contribution in [0.3, 0.4) is 0 Å². The van der Waals surface area contributed by atoms with Gasteiger partial charge < -0.3 is 5.73 Å². The molecule has 1 aromatic carbocycles. The van der Waals surface area contributed by atoms with Crippen molar-refractivity contribution >= 4 is 11.8 Å². The molecule has 15 heavy (non-hydrogen) atoms. The average molecular weight is 206 g/mol. The Kier molecular flexibility index (Phi) is 3.71. The molecule has 0 aliphatic carbocycles. The van der Waals surface area contributed by atoms with Gasteiger partial charge in [-0.3, -0.25) is 0 Å². The van der Waals surface area contributed by atoms with Gasteiger partial charge in [0.1, 0.15) is 5.82 Å². The van der Waals surface area contributed by atoms with E-state index in [1.165, 1.54) is 12.1 Å². The van der Waals surface area contributed by atoms with E-state index in [9.17, 15) is 4.39 Å². The summed E-state index contributed by atoms with van der Waals surface area (Å²) in [7, 11) is 0. The highest BCUT2D eigenvalue weighted by Gasteiger charge is 2.01. The minimum Gasteiger partial charge on any atom is -0.398 e. The van der Waals surface area contributed by atoms with Crippen LogP contribution < -0.4 is 5.73 Å². The zero-order valence-electron chi connectivity index (χ0n) is 8.31. The molecule has 78 valence electrons. The summed E-state index contributed by atoms with van der Waals surface area (Å²) in [6.45, 7) is 2.05. The van der Waals surface area contributed by atoms with Crippen LogP contribution in [0.1, 0.15) is 11.1 Å². The number of hydrogen-bond donors (Lipinski definition) is 1. The molecule has 1 rings (SSSR count). The third kappa shape index (κ3) is 3.00. The van der Waals surface area contributed by atoms with Crippen molar-refractivity contribution in [2.24, 2.45) is 5.11 Å². The molecule has 0 radical (unpaired) electrons. The van der Waals surface area contributed by atoms with Crippen LogP contribution in [-0.4, -0.2) is 6.54 Å². The van der Waals surface area contributed by atoms with Crippen LogP contribution in [0.15, 0.2) is 23.3 Å². The summed E-state index contributed by atoms with van der Waals surface area (Å²) in [5.41, 5.74) is 15.6. The standard InChI is InChI=1S/C10H11FN4/c1-7-8(3-2-4-14-15-13)5-9(11)6-10(7)12/h2-3,5-6H,4,12H2,1H3. The summed E-state index contributed by atoms with van der Waals surface area (Å²) in [6, 6.07) is 2.67. The first-order valence-corrected chi connectivity index (χ1v) is 4.38. The van der Waals surface area contributed by atoms with E-state index in [0.29, 0.717) is 11.3 Å². The number of nitrogen functional groups attached to an aromatic ring is 1. The molecular weight excluding hydrogens is 195 g/mol. The van der Waals surface area contributed by atoms with Gasteiger partial charge in [0.15, 0.2) is 0 Å². The highest BCUT2D eigenvalue weighted by Crippen LogP contribution is 2.19. The summed E-state index contributed by atoms with van der Waals surface area (Å²) < 4.78 is 13.0. The second-order valence-electron chi connectivity index (χ2n) is 3.03. The lowest BCUT2D eigenvalue weighted by molar-refractivity contribution is 0.628. The van der Waals surface area contributed by atoms with Crippen LogP contribution in [0.4, 0.5) is 10.1 Å². The average Bonchev–Trinajstić information content (AvgIpc) is 2.19. The number of halogens is 1. The van der Waals surface area contributed by atoms with Crippen molar-refractivity contribution in [3.05, 3.63) is 45.6 Å². The first-order chi connectivity index (χ1) is 7.15. The molecule has 0 aliphatic heterocycles. The van der Waals surface area contributed by atoms with Gasteiger partial charge in [-0.25, -0.2) is 4.39 Å². The monoisotopic (exact) mass is 206 g/mol. The maximum absolute atomic E-state index is 13.0. The maximum Gasteiger partial charge on any atom is 0.125 e. The normalized spacial score (nSPS) is 10.3. The van der Waals surface area contributed by atoms with Gasteiger partial charge in [-0.05, 0) is 35.7 Å². The number of anilines is 1. The molecule has 0 aliphatic rings. The quantitative estimate of drug-likeness (QED) is 0.351. The zero-order valence-corrected chi connectivity index (χ0v) is 8.31. The molecule has 0 saturated heterocycles. The Bertz CT molecular complexity index is 433. The van der Waals surface area contributed by atoms with E-state index < -0.39 is 0 Å². The molecule has 0 bridgehead atoms. The predicted octanol–water partition coefficient (Wildman–Crippen LogP) is 3.04. The van der Waals surface area contributed by atoms with Crippen LogP contribution in [0.25, 0.3) is 16.5 Å². The van der Waals surface area contributed by atoms with E-state index >= 15 is 0 Å². The molecule has 5 heteroatoms. The van der Waals surface area contributed by atoms with Crippen molar-refractivity contribution in [3.8, 4) is 0 Å². The second kappa shape index (κ2) is 5.02. The lowest BCUT2D eigenvalue weighted by Gasteiger charge is -2.04. The lowest BCUT2D eigenvalue weighted by Crippen LogP contribution is -1.93. The molecule has 0 heterocycles. The number of rotatable bonds is 3. The zero-order chi connectivity index (χ0) is 11.3. The van der Waals surface area contributed by atoms with Crippen LogP contribution in [-0.2, 0) is 0 Å². The Hall–Kier alpha value is -2.00. The first-order valence-electron chi connectivity index (χ1n) is 4.38. The van der Waals surface area contributed by atoms with Gasteiger partial charge in [-0.1, -0.05) is 17.3 Å². The third-order valence-electron chi connectivity index (χ3n) is 2.00. The molecule has 0 atom stereocenters. The number of nitrogens with zero attached hydrogens (tertiary/aromatic N) is 3. The fourth-order valence-corrected chi connectivity index (χ4v) is 1.16. The van der Waals surface area contributed by atoms with Crippen molar-refractivity contribution in [2.45, 2.75) is 6.92 Å². The Balaban J connectivity index is 2.94. The van der Waals surface area contributed by atoms with E-state index in [2.05, 4.69) is 10.0 Å². The van der Waals surface area contributed by atoms with Crippen molar-refractivity contribution < 1.29 is 4.39 Å². The van der Waals surface area contributed by atoms with Gasteiger partial charge in [-0.2, -0.15) is 0 Å². The van der Waals surface area contributed by atoms with Crippen LogP contribution in [0.5, 0.6) is 0 Å². The van der Waals surface area contributed by atoms with Gasteiger partial charge in [0.25, 0.3) is 0 Å². The largest absolute Gasteiger partial charge is 0.398 e. The predicted molar refractivity (Wildman–Crippen MR) is 58.6 cm³/mol. The van der Waals surface area contributed by atoms with Crippen LogP contribution >= 0.6 is 0 Å². The van der Waals surface area contributed by atoms with Gasteiger partial charge in [0.2, 0.25) is 0 Å². The summed E-state index contributed by atoms with van der Waals surface area (Å²) in [5, 5.41) is 3.33. The van der Waals surface area contributed by atoms with E-state index in [0.717, 1.165) is 5.56 Å². The summed E-state index contributed by atoms with van der Waals surface area (Å²) in [5.74, 6) is -0.374. The van der Waals surface area contributed by atoms with E-state index in [1.54, 1.807) is 12.2 Å². The van der Waals surface area contributed by atoms with Gasteiger partial charge in [0, 0.05) is 17.1 Å². The van der Waals surface area contributed by atoms with Gasteiger partial charge in [-0.15, -0.1) is 0 Å².